The van der Waals surface area contributed by atoms with Crippen molar-refractivity contribution in [2.75, 3.05) is 0 Å². The predicted octanol–water partition coefficient (Wildman–Crippen LogP) is 5.99. The Morgan fingerprint density at radius 3 is 2.54 bits per heavy atom. The molecule has 2 aromatic rings. The van der Waals surface area contributed by atoms with Gasteiger partial charge in [0.15, 0.2) is 0 Å². The summed E-state index contributed by atoms with van der Waals surface area (Å²) in [6.45, 7) is 2.55. The quantitative estimate of drug-likeness (QED) is 0.643. The van der Waals surface area contributed by atoms with Gasteiger partial charge in [-0.25, -0.2) is 4.79 Å². The standard InChI is InChI=1S/C25H29NO2/c1-2-7-19-12-14-21(15-13-19)22-16-23-10-6-11-24(17-22)26(23)25(27)28-18-20-8-4-3-5-9-20/h3-5,8-9,12-16,23-24H,2,6-7,10-11,17-18H2,1H3. The Bertz CT molecular complexity index is 825. The van der Waals surface area contributed by atoms with Gasteiger partial charge in [-0.2, -0.15) is 0 Å². The fraction of sp³-hybridized carbons (Fsp3) is 0.400. The van der Waals surface area contributed by atoms with Gasteiger partial charge in [0.05, 0.1) is 6.04 Å². The normalized spacial score (nSPS) is 21.2. The molecule has 0 spiro atoms. The number of carbonyl (C=O) groups excluding carboxylic acids is 1. The third kappa shape index (κ3) is 4.14. The van der Waals surface area contributed by atoms with Crippen LogP contribution in [-0.4, -0.2) is 23.1 Å². The number of aryl methyl sites for hydroxylation is 1. The molecule has 2 aromatic carbocycles. The first-order valence-electron chi connectivity index (χ1n) is 10.5. The van der Waals surface area contributed by atoms with Gasteiger partial charge in [-0.05, 0) is 54.4 Å². The fourth-order valence-electron chi connectivity index (χ4n) is 4.50. The summed E-state index contributed by atoms with van der Waals surface area (Å²) in [7, 11) is 0. The minimum absolute atomic E-state index is 0.154. The number of nitrogens with zero attached hydrogens (tertiary/aromatic N) is 1. The molecule has 2 unspecified atom stereocenters. The van der Waals surface area contributed by atoms with Crippen LogP contribution in [0, 0.1) is 0 Å². The molecular weight excluding hydrogens is 346 g/mol. The molecule has 2 heterocycles. The van der Waals surface area contributed by atoms with Gasteiger partial charge in [0.1, 0.15) is 6.61 Å². The topological polar surface area (TPSA) is 29.5 Å². The van der Waals surface area contributed by atoms with E-state index in [0.717, 1.165) is 31.2 Å². The third-order valence-corrected chi connectivity index (χ3v) is 5.92. The predicted molar refractivity (Wildman–Crippen MR) is 113 cm³/mol. The number of fused-ring (bicyclic) bond motifs is 2. The lowest BCUT2D eigenvalue weighted by Gasteiger charge is -2.44. The summed E-state index contributed by atoms with van der Waals surface area (Å²) >= 11 is 0. The van der Waals surface area contributed by atoms with Gasteiger partial charge in [-0.3, -0.25) is 4.90 Å². The highest BCUT2D eigenvalue weighted by atomic mass is 16.6. The number of benzene rings is 2. The summed E-state index contributed by atoms with van der Waals surface area (Å²) in [6, 6.07) is 19.3. The molecule has 3 heteroatoms. The number of hydrogen-bond donors (Lipinski definition) is 0. The van der Waals surface area contributed by atoms with Crippen molar-refractivity contribution in [3.63, 3.8) is 0 Å². The van der Waals surface area contributed by atoms with E-state index in [-0.39, 0.29) is 18.2 Å². The molecule has 1 amide bonds. The lowest BCUT2D eigenvalue weighted by atomic mass is 9.83. The van der Waals surface area contributed by atoms with E-state index in [1.165, 1.54) is 29.5 Å². The van der Waals surface area contributed by atoms with Crippen molar-refractivity contribution in [2.24, 2.45) is 0 Å². The van der Waals surface area contributed by atoms with Crippen molar-refractivity contribution in [3.05, 3.63) is 77.4 Å². The van der Waals surface area contributed by atoms with E-state index in [0.29, 0.717) is 6.61 Å². The molecule has 2 aliphatic rings. The first-order valence-corrected chi connectivity index (χ1v) is 10.5. The molecule has 3 nitrogen and oxygen atoms in total. The largest absolute Gasteiger partial charge is 0.445 e. The molecule has 2 bridgehead atoms. The highest BCUT2D eigenvalue weighted by Gasteiger charge is 2.38. The fourth-order valence-corrected chi connectivity index (χ4v) is 4.50. The van der Waals surface area contributed by atoms with E-state index in [1.54, 1.807) is 0 Å². The lowest BCUT2D eigenvalue weighted by molar-refractivity contribution is 0.0510. The third-order valence-electron chi connectivity index (χ3n) is 5.92. The molecule has 0 aromatic heterocycles. The maximum absolute atomic E-state index is 12.8. The summed E-state index contributed by atoms with van der Waals surface area (Å²) in [5.41, 5.74) is 5.11. The van der Waals surface area contributed by atoms with Crippen LogP contribution < -0.4 is 0 Å². The number of carbonyl (C=O) groups is 1. The number of ether oxygens (including phenoxy) is 1. The summed E-state index contributed by atoms with van der Waals surface area (Å²) in [5, 5.41) is 0. The molecular formula is C25H29NO2. The number of rotatable bonds is 5. The summed E-state index contributed by atoms with van der Waals surface area (Å²) < 4.78 is 5.65. The van der Waals surface area contributed by atoms with Gasteiger partial charge in [0.2, 0.25) is 0 Å². The number of piperidine rings is 1. The van der Waals surface area contributed by atoms with E-state index >= 15 is 0 Å². The average Bonchev–Trinajstić information content (AvgIpc) is 2.72. The smallest absolute Gasteiger partial charge is 0.410 e. The van der Waals surface area contributed by atoms with Gasteiger partial charge < -0.3 is 4.74 Å². The van der Waals surface area contributed by atoms with Crippen LogP contribution >= 0.6 is 0 Å². The molecule has 0 radical (unpaired) electrons. The summed E-state index contributed by atoms with van der Waals surface area (Å²) in [5.74, 6) is 0. The van der Waals surface area contributed by atoms with Gasteiger partial charge in [0.25, 0.3) is 0 Å². The van der Waals surface area contributed by atoms with Crippen molar-refractivity contribution >= 4 is 11.7 Å². The number of amides is 1. The zero-order valence-electron chi connectivity index (χ0n) is 16.6. The SMILES string of the molecule is CCCc1ccc(C2=CC3CCCC(C2)N3C(=O)OCc2ccccc2)cc1. The molecule has 0 saturated carbocycles. The van der Waals surface area contributed by atoms with E-state index in [9.17, 15) is 4.79 Å². The van der Waals surface area contributed by atoms with Crippen LogP contribution in [0.2, 0.25) is 0 Å². The van der Waals surface area contributed by atoms with Gasteiger partial charge in [-0.1, -0.05) is 74.0 Å². The second-order valence-electron chi connectivity index (χ2n) is 7.94. The van der Waals surface area contributed by atoms with Crippen LogP contribution in [0.15, 0.2) is 60.7 Å². The van der Waals surface area contributed by atoms with Crippen LogP contribution in [0.4, 0.5) is 4.79 Å². The molecule has 0 aliphatic carbocycles. The zero-order valence-corrected chi connectivity index (χ0v) is 16.6. The number of hydrogen-bond acceptors (Lipinski definition) is 2. The van der Waals surface area contributed by atoms with E-state index in [1.807, 2.05) is 35.2 Å². The minimum Gasteiger partial charge on any atom is -0.445 e. The highest BCUT2D eigenvalue weighted by molar-refractivity contribution is 5.74. The Labute approximate surface area is 168 Å². The van der Waals surface area contributed by atoms with Gasteiger partial charge in [0, 0.05) is 6.04 Å². The average molecular weight is 376 g/mol. The Hall–Kier alpha value is -2.55. The Morgan fingerprint density at radius 2 is 1.82 bits per heavy atom. The highest BCUT2D eigenvalue weighted by Crippen LogP contribution is 2.37. The second-order valence-corrected chi connectivity index (χ2v) is 7.94. The van der Waals surface area contributed by atoms with E-state index in [2.05, 4.69) is 37.3 Å². The maximum Gasteiger partial charge on any atom is 0.410 e. The van der Waals surface area contributed by atoms with Crippen LogP contribution in [0.3, 0.4) is 0 Å². The van der Waals surface area contributed by atoms with E-state index < -0.39 is 0 Å². The van der Waals surface area contributed by atoms with Crippen LogP contribution in [-0.2, 0) is 17.8 Å². The van der Waals surface area contributed by atoms with Crippen molar-refractivity contribution in [2.45, 2.75) is 64.1 Å². The van der Waals surface area contributed by atoms with E-state index in [4.69, 9.17) is 4.74 Å². The lowest BCUT2D eigenvalue weighted by Crippen LogP contribution is -2.51. The molecule has 4 rings (SSSR count). The van der Waals surface area contributed by atoms with Gasteiger partial charge >= 0.3 is 6.09 Å². The molecule has 0 N–H and O–H groups in total. The van der Waals surface area contributed by atoms with Crippen molar-refractivity contribution in [1.29, 1.82) is 0 Å². The van der Waals surface area contributed by atoms with Gasteiger partial charge in [-0.15, -0.1) is 0 Å². The Kier molecular flexibility index (Phi) is 5.80. The Balaban J connectivity index is 1.47. The second kappa shape index (κ2) is 8.64. The van der Waals surface area contributed by atoms with Crippen molar-refractivity contribution in [1.82, 2.24) is 4.90 Å². The monoisotopic (exact) mass is 375 g/mol. The molecule has 146 valence electrons. The van der Waals surface area contributed by atoms with Crippen LogP contribution in [0.25, 0.3) is 5.57 Å². The summed E-state index contributed by atoms with van der Waals surface area (Å²) in [4.78, 5) is 14.8. The molecule has 1 fully saturated rings. The summed E-state index contributed by atoms with van der Waals surface area (Å²) in [6.07, 6.45) is 8.61. The molecule has 1 saturated heterocycles. The molecule has 2 aliphatic heterocycles. The Morgan fingerprint density at radius 1 is 1.04 bits per heavy atom. The van der Waals surface area contributed by atoms with Crippen LogP contribution in [0.5, 0.6) is 0 Å². The first-order chi connectivity index (χ1) is 13.7. The minimum atomic E-state index is -0.174. The molecule has 28 heavy (non-hydrogen) atoms. The van der Waals surface area contributed by atoms with Crippen LogP contribution in [0.1, 0.15) is 55.7 Å². The van der Waals surface area contributed by atoms with Crippen molar-refractivity contribution < 1.29 is 9.53 Å². The zero-order chi connectivity index (χ0) is 19.3. The first kappa shape index (κ1) is 18.8. The molecule has 2 atom stereocenters. The maximum atomic E-state index is 12.8. The van der Waals surface area contributed by atoms with Crippen molar-refractivity contribution in [3.8, 4) is 0 Å².